The number of ketones is 1. The van der Waals surface area contributed by atoms with Crippen molar-refractivity contribution < 1.29 is 19.1 Å². The minimum Gasteiger partial charge on any atom is -0.448 e. The summed E-state index contributed by atoms with van der Waals surface area (Å²) in [4.78, 5) is 26.1. The van der Waals surface area contributed by atoms with Crippen LogP contribution in [0.4, 0.5) is 0 Å². The lowest BCUT2D eigenvalue weighted by atomic mass is 10.1. The average Bonchev–Trinajstić information content (AvgIpc) is 3.24. The van der Waals surface area contributed by atoms with Crippen LogP contribution in [-0.2, 0) is 14.3 Å². The SMILES string of the molecule is O=C(C[C@H]1CCCO1)O[C@@H](C(=O)c1cccs1)c1cccs1. The van der Waals surface area contributed by atoms with Crippen LogP contribution in [-0.4, -0.2) is 24.5 Å². The van der Waals surface area contributed by atoms with Gasteiger partial charge >= 0.3 is 5.97 Å². The van der Waals surface area contributed by atoms with Gasteiger partial charge in [-0.05, 0) is 35.7 Å². The van der Waals surface area contributed by atoms with Gasteiger partial charge in [0, 0.05) is 6.61 Å². The topological polar surface area (TPSA) is 52.6 Å². The van der Waals surface area contributed by atoms with Crippen LogP contribution in [0.15, 0.2) is 35.0 Å². The van der Waals surface area contributed by atoms with Gasteiger partial charge in [-0.3, -0.25) is 9.59 Å². The zero-order valence-corrected chi connectivity index (χ0v) is 13.5. The molecule has 0 spiro atoms. The Morgan fingerprint density at radius 2 is 2.09 bits per heavy atom. The maximum atomic E-state index is 12.6. The second-order valence-corrected chi connectivity index (χ2v) is 6.99. The third kappa shape index (κ3) is 3.63. The smallest absolute Gasteiger partial charge is 0.309 e. The molecule has 0 radical (unpaired) electrons. The lowest BCUT2D eigenvalue weighted by molar-refractivity contribution is -0.149. The first-order chi connectivity index (χ1) is 10.7. The van der Waals surface area contributed by atoms with E-state index in [4.69, 9.17) is 9.47 Å². The van der Waals surface area contributed by atoms with Crippen LogP contribution in [0, 0.1) is 0 Å². The number of hydrogen-bond acceptors (Lipinski definition) is 6. The standard InChI is InChI=1S/C16H16O4S2/c17-14(10-11-4-1-7-19-11)20-16(13-6-3-9-22-13)15(18)12-5-2-8-21-12/h2-3,5-6,8-9,11,16H,1,4,7,10H2/t11-,16-/m1/s1. The first-order valence-electron chi connectivity index (χ1n) is 7.16. The van der Waals surface area contributed by atoms with E-state index in [1.165, 1.54) is 22.7 Å². The van der Waals surface area contributed by atoms with E-state index in [1.54, 1.807) is 6.07 Å². The number of hydrogen-bond donors (Lipinski definition) is 0. The van der Waals surface area contributed by atoms with Crippen molar-refractivity contribution in [1.29, 1.82) is 0 Å². The molecule has 2 aromatic rings. The van der Waals surface area contributed by atoms with Gasteiger partial charge in [0.2, 0.25) is 5.78 Å². The predicted molar refractivity (Wildman–Crippen MR) is 85.4 cm³/mol. The van der Waals surface area contributed by atoms with E-state index < -0.39 is 6.10 Å². The molecule has 22 heavy (non-hydrogen) atoms. The van der Waals surface area contributed by atoms with Crippen LogP contribution in [0.1, 0.15) is 39.9 Å². The fourth-order valence-electron chi connectivity index (χ4n) is 2.40. The van der Waals surface area contributed by atoms with Crippen LogP contribution >= 0.6 is 22.7 Å². The van der Waals surface area contributed by atoms with Gasteiger partial charge in [-0.1, -0.05) is 12.1 Å². The molecule has 1 aliphatic heterocycles. The Bertz CT molecular complexity index is 613. The van der Waals surface area contributed by atoms with E-state index in [-0.39, 0.29) is 24.3 Å². The molecule has 1 aliphatic rings. The normalized spacial score (nSPS) is 19.0. The number of carbonyl (C=O) groups excluding carboxylic acids is 2. The van der Waals surface area contributed by atoms with Crippen LogP contribution in [0.2, 0.25) is 0 Å². The van der Waals surface area contributed by atoms with Crippen LogP contribution in [0.3, 0.4) is 0 Å². The Hall–Kier alpha value is -1.50. The summed E-state index contributed by atoms with van der Waals surface area (Å²) in [7, 11) is 0. The monoisotopic (exact) mass is 336 g/mol. The van der Waals surface area contributed by atoms with Gasteiger partial charge in [-0.15, -0.1) is 22.7 Å². The molecule has 0 aliphatic carbocycles. The summed E-state index contributed by atoms with van der Waals surface area (Å²) < 4.78 is 10.9. The molecule has 3 heterocycles. The molecule has 1 saturated heterocycles. The highest BCUT2D eigenvalue weighted by Crippen LogP contribution is 2.29. The van der Waals surface area contributed by atoms with Gasteiger partial charge < -0.3 is 9.47 Å². The van der Waals surface area contributed by atoms with Gasteiger partial charge in [0.05, 0.1) is 22.3 Å². The molecule has 0 saturated carbocycles. The Labute approximate surface area is 136 Å². The molecular formula is C16H16O4S2. The van der Waals surface area contributed by atoms with Gasteiger partial charge in [-0.25, -0.2) is 0 Å². The number of thiophene rings is 2. The van der Waals surface area contributed by atoms with Gasteiger partial charge in [0.25, 0.3) is 0 Å². The second-order valence-electron chi connectivity index (χ2n) is 5.07. The number of carbonyl (C=O) groups is 2. The minimum absolute atomic E-state index is 0.0756. The molecule has 2 aromatic heterocycles. The summed E-state index contributed by atoms with van der Waals surface area (Å²) >= 11 is 2.77. The first-order valence-corrected chi connectivity index (χ1v) is 8.92. The molecule has 0 bridgehead atoms. The van der Waals surface area contributed by atoms with Crippen molar-refractivity contribution in [2.45, 2.75) is 31.5 Å². The Balaban J connectivity index is 1.71. The van der Waals surface area contributed by atoms with Gasteiger partial charge in [0.1, 0.15) is 0 Å². The summed E-state index contributed by atoms with van der Waals surface area (Å²) in [5, 5.41) is 3.71. The van der Waals surface area contributed by atoms with Gasteiger partial charge in [-0.2, -0.15) is 0 Å². The zero-order chi connectivity index (χ0) is 15.4. The molecular weight excluding hydrogens is 320 g/mol. The summed E-state index contributed by atoms with van der Waals surface area (Å²) in [6, 6.07) is 7.24. The van der Waals surface area contributed by atoms with Crippen LogP contribution in [0.25, 0.3) is 0 Å². The van der Waals surface area contributed by atoms with Crippen LogP contribution in [0.5, 0.6) is 0 Å². The number of ether oxygens (including phenoxy) is 2. The fourth-order valence-corrected chi connectivity index (χ4v) is 3.83. The molecule has 0 aromatic carbocycles. The molecule has 0 unspecified atom stereocenters. The van der Waals surface area contributed by atoms with Crippen molar-refractivity contribution in [3.8, 4) is 0 Å². The largest absolute Gasteiger partial charge is 0.448 e. The second kappa shape index (κ2) is 7.17. The Morgan fingerprint density at radius 3 is 2.73 bits per heavy atom. The lowest BCUT2D eigenvalue weighted by Gasteiger charge is -2.16. The average molecular weight is 336 g/mol. The van der Waals surface area contributed by atoms with Crippen molar-refractivity contribution in [2.75, 3.05) is 6.61 Å². The van der Waals surface area contributed by atoms with Gasteiger partial charge in [0.15, 0.2) is 6.10 Å². The van der Waals surface area contributed by atoms with E-state index >= 15 is 0 Å². The highest BCUT2D eigenvalue weighted by atomic mass is 32.1. The zero-order valence-electron chi connectivity index (χ0n) is 11.9. The van der Waals surface area contributed by atoms with E-state index in [0.717, 1.165) is 17.7 Å². The number of esters is 1. The molecule has 2 atom stereocenters. The van der Waals surface area contributed by atoms with Crippen molar-refractivity contribution >= 4 is 34.4 Å². The van der Waals surface area contributed by atoms with Crippen molar-refractivity contribution in [3.63, 3.8) is 0 Å². The lowest BCUT2D eigenvalue weighted by Crippen LogP contribution is -2.22. The summed E-state index contributed by atoms with van der Waals surface area (Å²) in [5.41, 5.74) is 0. The van der Waals surface area contributed by atoms with E-state index in [1.807, 2.05) is 29.0 Å². The fraction of sp³-hybridized carbons (Fsp3) is 0.375. The van der Waals surface area contributed by atoms with Crippen molar-refractivity contribution in [1.82, 2.24) is 0 Å². The molecule has 6 heteroatoms. The van der Waals surface area contributed by atoms with E-state index in [2.05, 4.69) is 0 Å². The maximum Gasteiger partial charge on any atom is 0.309 e. The molecule has 4 nitrogen and oxygen atoms in total. The molecule has 1 fully saturated rings. The highest BCUT2D eigenvalue weighted by Gasteiger charge is 2.29. The quantitative estimate of drug-likeness (QED) is 0.594. The summed E-state index contributed by atoms with van der Waals surface area (Å²) in [6.07, 6.45) is 1.12. The van der Waals surface area contributed by atoms with Crippen molar-refractivity contribution in [2.24, 2.45) is 0 Å². The molecule has 0 amide bonds. The van der Waals surface area contributed by atoms with E-state index in [0.29, 0.717) is 11.5 Å². The predicted octanol–water partition coefficient (Wildman–Crippen LogP) is 3.85. The summed E-state index contributed by atoms with van der Waals surface area (Å²) in [5.74, 6) is -0.548. The Kier molecular flexibility index (Phi) is 5.02. The molecule has 116 valence electrons. The third-order valence-corrected chi connectivity index (χ3v) is 5.27. The first kappa shape index (κ1) is 15.4. The molecule has 0 N–H and O–H groups in total. The van der Waals surface area contributed by atoms with Crippen LogP contribution < -0.4 is 0 Å². The number of rotatable bonds is 6. The third-order valence-electron chi connectivity index (χ3n) is 3.47. The maximum absolute atomic E-state index is 12.6. The molecule has 3 rings (SSSR count). The number of Topliss-reactive ketones (excluding diaryl/α,β-unsaturated/α-hetero) is 1. The highest BCUT2D eigenvalue weighted by molar-refractivity contribution is 7.12. The minimum atomic E-state index is -0.854. The van der Waals surface area contributed by atoms with E-state index in [9.17, 15) is 9.59 Å². The van der Waals surface area contributed by atoms with Crippen molar-refractivity contribution in [3.05, 3.63) is 44.8 Å². The Morgan fingerprint density at radius 1 is 1.27 bits per heavy atom. The summed E-state index contributed by atoms with van der Waals surface area (Å²) in [6.45, 7) is 0.695.